The highest BCUT2D eigenvalue weighted by molar-refractivity contribution is 5.25. The fourth-order valence-corrected chi connectivity index (χ4v) is 1.11. The number of halogens is 1. The van der Waals surface area contributed by atoms with E-state index < -0.39 is 0 Å². The molecule has 0 saturated heterocycles. The van der Waals surface area contributed by atoms with Crippen molar-refractivity contribution in [2.24, 2.45) is 5.92 Å². The molecule has 1 radical (unpaired) electrons. The zero-order chi connectivity index (χ0) is 7.68. The molecule has 0 nitrogen and oxygen atoms in total. The Hall–Kier alpha value is -0.850. The molecule has 0 aliphatic heterocycles. The zero-order valence-electron chi connectivity index (χ0n) is 6.26. The molecule has 57 valence electrons. The van der Waals surface area contributed by atoms with Gasteiger partial charge in [0, 0.05) is 0 Å². The molecule has 1 aliphatic carbocycles. The second-order valence-electron chi connectivity index (χ2n) is 3.06. The first kappa shape index (κ1) is 6.84. The summed E-state index contributed by atoms with van der Waals surface area (Å²) in [7, 11) is 0. The Balaban J connectivity index is 2.06. The molecule has 0 unspecified atom stereocenters. The lowest BCUT2D eigenvalue weighted by Crippen LogP contribution is -1.83. The highest BCUT2D eigenvalue weighted by Gasteiger charge is 2.21. The monoisotopic (exact) mass is 149 g/mol. The summed E-state index contributed by atoms with van der Waals surface area (Å²) in [5.41, 5.74) is 1.15. The molecule has 0 bridgehead atoms. The normalized spacial score (nSPS) is 16.8. The van der Waals surface area contributed by atoms with Gasteiger partial charge in [0.05, 0.1) is 0 Å². The SMILES string of the molecule is Fc1ccc([CH]C2CC2)cc1. The van der Waals surface area contributed by atoms with Crippen molar-refractivity contribution in [3.05, 3.63) is 42.1 Å². The largest absolute Gasteiger partial charge is 0.207 e. The van der Waals surface area contributed by atoms with Crippen molar-refractivity contribution in [1.82, 2.24) is 0 Å². The third kappa shape index (κ3) is 1.79. The van der Waals surface area contributed by atoms with Crippen LogP contribution in [-0.4, -0.2) is 0 Å². The average Bonchev–Trinajstić information content (AvgIpc) is 2.78. The van der Waals surface area contributed by atoms with Crippen molar-refractivity contribution in [2.45, 2.75) is 12.8 Å². The maximum absolute atomic E-state index is 12.4. The summed E-state index contributed by atoms with van der Waals surface area (Å²) in [5.74, 6) is 0.610. The fraction of sp³-hybridized carbons (Fsp3) is 0.300. The van der Waals surface area contributed by atoms with Gasteiger partial charge in [0.15, 0.2) is 0 Å². The van der Waals surface area contributed by atoms with Gasteiger partial charge in [0.25, 0.3) is 0 Å². The average molecular weight is 149 g/mol. The molecule has 2 rings (SSSR count). The minimum absolute atomic E-state index is 0.155. The van der Waals surface area contributed by atoms with Crippen LogP contribution in [0.3, 0.4) is 0 Å². The first-order valence-electron chi connectivity index (χ1n) is 3.95. The summed E-state index contributed by atoms with van der Waals surface area (Å²) < 4.78 is 12.4. The lowest BCUT2D eigenvalue weighted by Gasteiger charge is -1.96. The molecular formula is C10H10F. The van der Waals surface area contributed by atoms with E-state index in [0.29, 0.717) is 0 Å². The van der Waals surface area contributed by atoms with Crippen LogP contribution >= 0.6 is 0 Å². The van der Waals surface area contributed by atoms with E-state index in [1.807, 2.05) is 12.1 Å². The molecule has 0 atom stereocenters. The summed E-state index contributed by atoms with van der Waals surface area (Å²) in [6, 6.07) is 6.67. The smallest absolute Gasteiger partial charge is 0.123 e. The molecule has 1 fully saturated rings. The summed E-state index contributed by atoms with van der Waals surface area (Å²) in [6.07, 6.45) is 4.81. The predicted molar refractivity (Wildman–Crippen MR) is 42.5 cm³/mol. The van der Waals surface area contributed by atoms with Crippen molar-refractivity contribution < 1.29 is 4.39 Å². The Morgan fingerprint density at radius 1 is 1.18 bits per heavy atom. The van der Waals surface area contributed by atoms with Crippen LogP contribution in [0.5, 0.6) is 0 Å². The Labute approximate surface area is 66.1 Å². The van der Waals surface area contributed by atoms with Gasteiger partial charge in [0.2, 0.25) is 0 Å². The number of benzene rings is 1. The van der Waals surface area contributed by atoms with Crippen LogP contribution in [0.4, 0.5) is 4.39 Å². The minimum atomic E-state index is -0.155. The summed E-state index contributed by atoms with van der Waals surface area (Å²) >= 11 is 0. The van der Waals surface area contributed by atoms with E-state index in [-0.39, 0.29) is 5.82 Å². The van der Waals surface area contributed by atoms with Crippen LogP contribution in [0.2, 0.25) is 0 Å². The Morgan fingerprint density at radius 3 is 2.36 bits per heavy atom. The molecule has 0 heterocycles. The van der Waals surface area contributed by atoms with Gasteiger partial charge >= 0.3 is 0 Å². The van der Waals surface area contributed by atoms with Gasteiger partial charge in [-0.05, 0) is 42.9 Å². The van der Waals surface area contributed by atoms with E-state index in [2.05, 4.69) is 6.42 Å². The van der Waals surface area contributed by atoms with Gasteiger partial charge in [-0.2, -0.15) is 0 Å². The zero-order valence-corrected chi connectivity index (χ0v) is 6.26. The van der Waals surface area contributed by atoms with Gasteiger partial charge in [-0.3, -0.25) is 0 Å². The van der Waals surface area contributed by atoms with Crippen LogP contribution in [0.15, 0.2) is 24.3 Å². The summed E-state index contributed by atoms with van der Waals surface area (Å²) in [6.45, 7) is 0. The lowest BCUT2D eigenvalue weighted by atomic mass is 10.1. The second kappa shape index (κ2) is 2.65. The standard InChI is InChI=1S/C10H10F/c11-10-5-3-9(4-6-10)7-8-1-2-8/h3-8H,1-2H2. The van der Waals surface area contributed by atoms with Gasteiger partial charge in [-0.25, -0.2) is 4.39 Å². The number of hydrogen-bond donors (Lipinski definition) is 0. The quantitative estimate of drug-likeness (QED) is 0.606. The predicted octanol–water partition coefficient (Wildman–Crippen LogP) is 2.79. The molecule has 0 N–H and O–H groups in total. The van der Waals surface area contributed by atoms with Gasteiger partial charge in [0.1, 0.15) is 5.82 Å². The van der Waals surface area contributed by atoms with Crippen LogP contribution in [0.1, 0.15) is 18.4 Å². The fourth-order valence-electron chi connectivity index (χ4n) is 1.11. The molecule has 0 spiro atoms. The number of rotatable bonds is 2. The van der Waals surface area contributed by atoms with Crippen molar-refractivity contribution >= 4 is 0 Å². The maximum atomic E-state index is 12.4. The second-order valence-corrected chi connectivity index (χ2v) is 3.06. The Morgan fingerprint density at radius 2 is 1.82 bits per heavy atom. The molecule has 11 heavy (non-hydrogen) atoms. The molecule has 0 amide bonds. The first-order valence-corrected chi connectivity index (χ1v) is 3.95. The lowest BCUT2D eigenvalue weighted by molar-refractivity contribution is 0.627. The van der Waals surface area contributed by atoms with Crippen LogP contribution < -0.4 is 0 Å². The van der Waals surface area contributed by atoms with E-state index in [1.165, 1.54) is 25.0 Å². The van der Waals surface area contributed by atoms with Crippen molar-refractivity contribution in [1.29, 1.82) is 0 Å². The molecule has 1 aromatic rings. The van der Waals surface area contributed by atoms with Crippen molar-refractivity contribution in [3.63, 3.8) is 0 Å². The summed E-state index contributed by atoms with van der Waals surface area (Å²) in [4.78, 5) is 0. The third-order valence-electron chi connectivity index (χ3n) is 1.92. The van der Waals surface area contributed by atoms with E-state index in [9.17, 15) is 4.39 Å². The van der Waals surface area contributed by atoms with E-state index >= 15 is 0 Å². The van der Waals surface area contributed by atoms with E-state index in [0.717, 1.165) is 11.5 Å². The van der Waals surface area contributed by atoms with Crippen molar-refractivity contribution in [3.8, 4) is 0 Å². The molecule has 0 aromatic heterocycles. The summed E-state index contributed by atoms with van der Waals surface area (Å²) in [5, 5.41) is 0. The van der Waals surface area contributed by atoms with Crippen molar-refractivity contribution in [2.75, 3.05) is 0 Å². The Bertz CT molecular complexity index is 234. The first-order chi connectivity index (χ1) is 5.34. The molecule has 1 aliphatic rings. The number of hydrogen-bond acceptors (Lipinski definition) is 0. The van der Waals surface area contributed by atoms with Gasteiger partial charge in [-0.1, -0.05) is 12.1 Å². The molecule has 1 heteroatoms. The highest BCUT2D eigenvalue weighted by atomic mass is 19.1. The van der Waals surface area contributed by atoms with Crippen LogP contribution in [-0.2, 0) is 0 Å². The third-order valence-corrected chi connectivity index (χ3v) is 1.92. The van der Waals surface area contributed by atoms with Gasteiger partial charge < -0.3 is 0 Å². The maximum Gasteiger partial charge on any atom is 0.123 e. The minimum Gasteiger partial charge on any atom is -0.207 e. The van der Waals surface area contributed by atoms with Crippen LogP contribution in [0.25, 0.3) is 0 Å². The van der Waals surface area contributed by atoms with E-state index in [1.54, 1.807) is 0 Å². The van der Waals surface area contributed by atoms with Crippen LogP contribution in [0, 0.1) is 18.2 Å². The molecule has 1 saturated carbocycles. The molecule has 1 aromatic carbocycles. The van der Waals surface area contributed by atoms with E-state index in [4.69, 9.17) is 0 Å². The molecular weight excluding hydrogens is 139 g/mol. The van der Waals surface area contributed by atoms with Gasteiger partial charge in [-0.15, -0.1) is 0 Å². The Kier molecular flexibility index (Phi) is 1.65. The topological polar surface area (TPSA) is 0 Å². The highest BCUT2D eigenvalue weighted by Crippen LogP contribution is 2.34.